The number of unbranched alkanes of at least 4 members (excludes halogenated alkanes) is 9. The second-order valence-electron chi connectivity index (χ2n) is 3.34. The molecule has 0 unspecified atom stereocenters. The molecule has 0 N–H and O–H groups in total. The van der Waals surface area contributed by atoms with Gasteiger partial charge in [0.15, 0.2) is 0 Å². The van der Waals surface area contributed by atoms with Crippen LogP contribution in [0.1, 0.15) is 57.8 Å². The highest BCUT2D eigenvalue weighted by Crippen LogP contribution is 2.08. The second kappa shape index (κ2) is 11.0. The zero-order valence-corrected chi connectivity index (χ0v) is 8.36. The summed E-state index contributed by atoms with van der Waals surface area (Å²) in [5, 5.41) is 0. The van der Waals surface area contributed by atoms with E-state index in [-0.39, 0.29) is 0 Å². The summed E-state index contributed by atoms with van der Waals surface area (Å²) in [5.41, 5.74) is 0. The van der Waals surface area contributed by atoms with Gasteiger partial charge in [0, 0.05) is 0 Å². The van der Waals surface area contributed by atoms with Crippen LogP contribution in [0.25, 0.3) is 0 Å². The minimum absolute atomic E-state index is 1.08. The van der Waals surface area contributed by atoms with Gasteiger partial charge in [-0.2, -0.15) is 0 Å². The van der Waals surface area contributed by atoms with Crippen molar-refractivity contribution in [3.63, 3.8) is 0 Å². The van der Waals surface area contributed by atoms with Crippen LogP contribution in [0.5, 0.6) is 0 Å². The summed E-state index contributed by atoms with van der Waals surface area (Å²) in [6, 6.07) is 0. The van der Waals surface area contributed by atoms with E-state index in [4.69, 9.17) is 0 Å². The predicted molar refractivity (Wildman–Crippen MR) is 56.6 cm³/mol. The van der Waals surface area contributed by atoms with Crippen molar-refractivity contribution < 1.29 is 0 Å². The van der Waals surface area contributed by atoms with Crippen molar-refractivity contribution in [3.8, 4) is 0 Å². The molecular weight excluding hydrogens is 144 g/mol. The molecular formula is C12H23. The SMILES string of the molecule is [CH2]CCC[CH]CCCCCC[CH2]. The first-order valence-corrected chi connectivity index (χ1v) is 5.32. The zero-order valence-electron chi connectivity index (χ0n) is 8.36. The van der Waals surface area contributed by atoms with Gasteiger partial charge in [-0.25, -0.2) is 0 Å². The van der Waals surface area contributed by atoms with E-state index < -0.39 is 0 Å². The maximum Gasteiger partial charge on any atom is -0.0386 e. The van der Waals surface area contributed by atoms with Crippen LogP contribution in [0.2, 0.25) is 0 Å². The van der Waals surface area contributed by atoms with Crippen LogP contribution in [0.3, 0.4) is 0 Å². The fraction of sp³-hybridized carbons (Fsp3) is 0.750. The topological polar surface area (TPSA) is 0 Å². The molecule has 0 heteroatoms. The third-order valence-electron chi connectivity index (χ3n) is 2.07. The molecule has 0 saturated carbocycles. The second-order valence-corrected chi connectivity index (χ2v) is 3.34. The fourth-order valence-electron chi connectivity index (χ4n) is 1.25. The number of hydrogen-bond acceptors (Lipinski definition) is 0. The van der Waals surface area contributed by atoms with E-state index in [1.54, 1.807) is 0 Å². The highest BCUT2D eigenvalue weighted by molar-refractivity contribution is 4.64. The molecule has 0 aromatic carbocycles. The van der Waals surface area contributed by atoms with E-state index in [1.165, 1.54) is 44.9 Å². The van der Waals surface area contributed by atoms with Gasteiger partial charge < -0.3 is 0 Å². The molecule has 0 amide bonds. The van der Waals surface area contributed by atoms with Crippen molar-refractivity contribution in [2.45, 2.75) is 57.8 Å². The van der Waals surface area contributed by atoms with Gasteiger partial charge in [0.25, 0.3) is 0 Å². The van der Waals surface area contributed by atoms with E-state index >= 15 is 0 Å². The lowest BCUT2D eigenvalue weighted by Gasteiger charge is -1.99. The quantitative estimate of drug-likeness (QED) is 0.447. The highest BCUT2D eigenvalue weighted by atomic mass is 14.0. The first kappa shape index (κ1) is 12.0. The van der Waals surface area contributed by atoms with Crippen molar-refractivity contribution in [1.82, 2.24) is 0 Å². The van der Waals surface area contributed by atoms with E-state index in [1.807, 2.05) is 0 Å². The molecule has 0 heterocycles. The first-order chi connectivity index (χ1) is 5.91. The summed E-state index contributed by atoms with van der Waals surface area (Å²) in [6.07, 6.45) is 13.9. The van der Waals surface area contributed by atoms with E-state index in [0.29, 0.717) is 0 Å². The molecule has 0 nitrogen and oxygen atoms in total. The molecule has 0 aliphatic carbocycles. The number of rotatable bonds is 9. The number of hydrogen-bond donors (Lipinski definition) is 0. The molecule has 0 rings (SSSR count). The smallest absolute Gasteiger partial charge is 0.0386 e. The summed E-state index contributed by atoms with van der Waals surface area (Å²) < 4.78 is 0. The van der Waals surface area contributed by atoms with E-state index in [9.17, 15) is 0 Å². The summed E-state index contributed by atoms with van der Waals surface area (Å²) in [4.78, 5) is 0. The molecule has 0 spiro atoms. The Balaban J connectivity index is 2.73. The predicted octanol–water partition coefficient (Wildman–Crippen LogP) is 4.37. The Kier molecular flexibility index (Phi) is 11.0. The molecule has 3 radical (unpaired) electrons. The molecule has 0 aliphatic rings. The Morgan fingerprint density at radius 3 is 1.92 bits per heavy atom. The average molecular weight is 167 g/mol. The van der Waals surface area contributed by atoms with Crippen molar-refractivity contribution in [3.05, 3.63) is 20.3 Å². The molecule has 0 aliphatic heterocycles. The van der Waals surface area contributed by atoms with Gasteiger partial charge in [0.1, 0.15) is 0 Å². The Morgan fingerprint density at radius 2 is 1.25 bits per heavy atom. The Bertz CT molecular complexity index is 56.4. The van der Waals surface area contributed by atoms with Crippen LogP contribution >= 0.6 is 0 Å². The van der Waals surface area contributed by atoms with Crippen LogP contribution in [0.4, 0.5) is 0 Å². The van der Waals surface area contributed by atoms with Gasteiger partial charge in [0.05, 0.1) is 0 Å². The Morgan fingerprint density at radius 1 is 0.667 bits per heavy atom. The third-order valence-corrected chi connectivity index (χ3v) is 2.07. The Hall–Kier alpha value is 0. The maximum absolute atomic E-state index is 3.83. The van der Waals surface area contributed by atoms with Gasteiger partial charge in [0.2, 0.25) is 0 Å². The lowest BCUT2D eigenvalue weighted by Crippen LogP contribution is -1.81. The van der Waals surface area contributed by atoms with Crippen LogP contribution in [-0.2, 0) is 0 Å². The van der Waals surface area contributed by atoms with Crippen LogP contribution < -0.4 is 0 Å². The fourth-order valence-corrected chi connectivity index (χ4v) is 1.25. The average Bonchev–Trinajstić information content (AvgIpc) is 2.10. The molecule has 0 bridgehead atoms. The van der Waals surface area contributed by atoms with Crippen molar-refractivity contribution >= 4 is 0 Å². The summed E-state index contributed by atoms with van der Waals surface area (Å²) in [5.74, 6) is 0. The monoisotopic (exact) mass is 167 g/mol. The molecule has 0 aromatic heterocycles. The van der Waals surface area contributed by atoms with E-state index in [0.717, 1.165) is 12.8 Å². The van der Waals surface area contributed by atoms with Crippen molar-refractivity contribution in [1.29, 1.82) is 0 Å². The van der Waals surface area contributed by atoms with Gasteiger partial charge in [-0.05, 0) is 6.42 Å². The standard InChI is InChI=1S/C12H23/c1-3-5-7-9-11-12-10-8-6-4-2/h9H,1-8,10-12H2. The summed E-state index contributed by atoms with van der Waals surface area (Å²) >= 11 is 0. The largest absolute Gasteiger partial charge is 0.0533 e. The van der Waals surface area contributed by atoms with Crippen LogP contribution in [-0.4, -0.2) is 0 Å². The lowest BCUT2D eigenvalue weighted by molar-refractivity contribution is 0.629. The van der Waals surface area contributed by atoms with Crippen molar-refractivity contribution in [2.75, 3.05) is 0 Å². The van der Waals surface area contributed by atoms with Gasteiger partial charge in [-0.1, -0.05) is 71.6 Å². The minimum Gasteiger partial charge on any atom is -0.0533 e. The van der Waals surface area contributed by atoms with Crippen LogP contribution in [0, 0.1) is 20.3 Å². The molecule has 0 atom stereocenters. The minimum atomic E-state index is 1.08. The zero-order chi connectivity index (χ0) is 9.07. The lowest BCUT2D eigenvalue weighted by atomic mass is 10.1. The Labute approximate surface area is 78.8 Å². The van der Waals surface area contributed by atoms with Crippen LogP contribution in [0.15, 0.2) is 0 Å². The maximum atomic E-state index is 3.83. The molecule has 0 fully saturated rings. The summed E-state index contributed by atoms with van der Waals surface area (Å²) in [6.45, 7) is 7.65. The first-order valence-electron chi connectivity index (χ1n) is 5.32. The molecule has 0 aromatic rings. The summed E-state index contributed by atoms with van der Waals surface area (Å²) in [7, 11) is 0. The molecule has 0 saturated heterocycles. The van der Waals surface area contributed by atoms with Gasteiger partial charge in [-0.15, -0.1) is 0 Å². The molecule has 71 valence electrons. The van der Waals surface area contributed by atoms with Crippen molar-refractivity contribution in [2.24, 2.45) is 0 Å². The highest BCUT2D eigenvalue weighted by Gasteiger charge is 1.90. The van der Waals surface area contributed by atoms with Gasteiger partial charge >= 0.3 is 0 Å². The third kappa shape index (κ3) is 10.0. The normalized spacial score (nSPS) is 10.5. The van der Waals surface area contributed by atoms with E-state index in [2.05, 4.69) is 20.3 Å². The van der Waals surface area contributed by atoms with Gasteiger partial charge in [-0.3, -0.25) is 0 Å². The molecule has 12 heavy (non-hydrogen) atoms.